The number of piperidine rings is 1. The van der Waals surface area contributed by atoms with E-state index >= 15 is 0 Å². The minimum atomic E-state index is -2.65. The van der Waals surface area contributed by atoms with Gasteiger partial charge < -0.3 is 14.7 Å². The molecule has 2 aliphatic heterocycles. The van der Waals surface area contributed by atoms with Crippen molar-refractivity contribution in [3.05, 3.63) is 0 Å². The van der Waals surface area contributed by atoms with Gasteiger partial charge in [0, 0.05) is 56.9 Å². The normalized spacial score (nSPS) is 26.3. The second kappa shape index (κ2) is 6.24. The number of alkyl halides is 2. The number of carbonyl (C=O) groups is 2. The van der Waals surface area contributed by atoms with Crippen molar-refractivity contribution in [2.75, 3.05) is 40.3 Å². The summed E-state index contributed by atoms with van der Waals surface area (Å²) in [7, 11) is 3.98. The summed E-state index contributed by atoms with van der Waals surface area (Å²) in [6.07, 6.45) is 2.35. The van der Waals surface area contributed by atoms with E-state index in [4.69, 9.17) is 0 Å². The Balaban J connectivity index is 1.57. The largest absolute Gasteiger partial charge is 0.342 e. The summed E-state index contributed by atoms with van der Waals surface area (Å²) in [6, 6.07) is 0. The Hall–Kier alpha value is -1.24. The number of rotatable bonds is 4. The van der Waals surface area contributed by atoms with Gasteiger partial charge >= 0.3 is 0 Å². The number of hydrogen-bond acceptors (Lipinski definition) is 3. The van der Waals surface area contributed by atoms with Gasteiger partial charge in [0.15, 0.2) is 0 Å². The third-order valence-corrected chi connectivity index (χ3v) is 5.89. The average Bonchev–Trinajstić information content (AvgIpc) is 2.79. The molecule has 2 saturated heterocycles. The van der Waals surface area contributed by atoms with Crippen molar-refractivity contribution in [2.24, 2.45) is 5.92 Å². The van der Waals surface area contributed by atoms with Gasteiger partial charge in [-0.15, -0.1) is 0 Å². The Kier molecular flexibility index (Phi) is 4.57. The summed E-state index contributed by atoms with van der Waals surface area (Å²) in [5.74, 6) is -3.09. The highest BCUT2D eigenvalue weighted by molar-refractivity contribution is 5.81. The van der Waals surface area contributed by atoms with Crippen molar-refractivity contribution >= 4 is 11.8 Å². The van der Waals surface area contributed by atoms with Crippen LogP contribution < -0.4 is 0 Å². The lowest BCUT2D eigenvalue weighted by atomic mass is 9.79. The molecule has 0 unspecified atom stereocenters. The SMILES string of the molecule is CN(C)CCN1C(=O)CCC12CCN(C(=O)C1CC(F)(F)C1)CC2. The molecule has 0 radical (unpaired) electrons. The lowest BCUT2D eigenvalue weighted by Gasteiger charge is -2.47. The molecule has 2 heterocycles. The van der Waals surface area contributed by atoms with Crippen LogP contribution in [0, 0.1) is 5.92 Å². The third-order valence-electron chi connectivity index (χ3n) is 5.89. The van der Waals surface area contributed by atoms with Gasteiger partial charge in [-0.1, -0.05) is 0 Å². The standard InChI is InChI=1S/C17H27F2N3O2/c1-20(2)9-10-22-14(23)3-4-16(22)5-7-21(8-6-16)15(24)13-11-17(18,19)12-13/h13H,3-12H2,1-2H3. The lowest BCUT2D eigenvalue weighted by Crippen LogP contribution is -2.57. The molecular weight excluding hydrogens is 316 g/mol. The summed E-state index contributed by atoms with van der Waals surface area (Å²) in [5, 5.41) is 0. The first kappa shape index (κ1) is 17.6. The predicted molar refractivity (Wildman–Crippen MR) is 85.7 cm³/mol. The van der Waals surface area contributed by atoms with Crippen molar-refractivity contribution in [3.8, 4) is 0 Å². The fourth-order valence-electron chi connectivity index (χ4n) is 4.29. The zero-order chi connectivity index (χ0) is 17.5. The van der Waals surface area contributed by atoms with Crippen LogP contribution >= 0.6 is 0 Å². The molecule has 7 heteroatoms. The topological polar surface area (TPSA) is 43.9 Å². The van der Waals surface area contributed by atoms with Crippen LogP contribution in [0.25, 0.3) is 0 Å². The number of carbonyl (C=O) groups excluding carboxylic acids is 2. The monoisotopic (exact) mass is 343 g/mol. The van der Waals surface area contributed by atoms with Crippen LogP contribution in [0.1, 0.15) is 38.5 Å². The van der Waals surface area contributed by atoms with Crippen LogP contribution in [-0.2, 0) is 9.59 Å². The average molecular weight is 343 g/mol. The van der Waals surface area contributed by atoms with Crippen LogP contribution in [0.2, 0.25) is 0 Å². The van der Waals surface area contributed by atoms with Crippen molar-refractivity contribution in [1.29, 1.82) is 0 Å². The molecule has 0 bridgehead atoms. The molecule has 0 aromatic carbocycles. The summed E-state index contributed by atoms with van der Waals surface area (Å²) in [6.45, 7) is 2.70. The van der Waals surface area contributed by atoms with Gasteiger partial charge in [-0.25, -0.2) is 8.78 Å². The molecule has 3 rings (SSSR count). The smallest absolute Gasteiger partial charge is 0.249 e. The lowest BCUT2D eigenvalue weighted by molar-refractivity contribution is -0.162. The number of nitrogens with zero attached hydrogens (tertiary/aromatic N) is 3. The van der Waals surface area contributed by atoms with Crippen LogP contribution in [-0.4, -0.2) is 78.2 Å². The van der Waals surface area contributed by atoms with Gasteiger partial charge in [0.2, 0.25) is 17.7 Å². The Morgan fingerprint density at radius 2 is 1.83 bits per heavy atom. The number of likely N-dealkylation sites (tertiary alicyclic amines) is 2. The van der Waals surface area contributed by atoms with Crippen molar-refractivity contribution < 1.29 is 18.4 Å². The predicted octanol–water partition coefficient (Wildman–Crippen LogP) is 1.58. The molecule has 1 aliphatic carbocycles. The molecule has 5 nitrogen and oxygen atoms in total. The first-order valence-corrected chi connectivity index (χ1v) is 8.84. The van der Waals surface area contributed by atoms with Gasteiger partial charge in [-0.3, -0.25) is 9.59 Å². The molecule has 136 valence electrons. The Labute approximate surface area is 141 Å². The minimum Gasteiger partial charge on any atom is -0.342 e. The summed E-state index contributed by atoms with van der Waals surface area (Å²) in [4.78, 5) is 30.4. The number of hydrogen-bond donors (Lipinski definition) is 0. The molecular formula is C17H27F2N3O2. The fraction of sp³-hybridized carbons (Fsp3) is 0.882. The molecule has 24 heavy (non-hydrogen) atoms. The number of likely N-dealkylation sites (N-methyl/N-ethyl adjacent to an activating group) is 1. The molecule has 3 fully saturated rings. The highest BCUT2D eigenvalue weighted by Crippen LogP contribution is 2.44. The number of amides is 2. The second-order valence-corrected chi connectivity index (χ2v) is 7.86. The molecule has 0 aromatic rings. The van der Waals surface area contributed by atoms with Crippen LogP contribution in [0.3, 0.4) is 0 Å². The van der Waals surface area contributed by atoms with Crippen molar-refractivity contribution in [2.45, 2.75) is 50.0 Å². The quantitative estimate of drug-likeness (QED) is 0.778. The maximum absolute atomic E-state index is 13.0. The number of halogens is 2. The van der Waals surface area contributed by atoms with Crippen molar-refractivity contribution in [3.63, 3.8) is 0 Å². The summed E-state index contributed by atoms with van der Waals surface area (Å²) < 4.78 is 26.0. The molecule has 1 spiro atoms. The van der Waals surface area contributed by atoms with Crippen LogP contribution in [0.4, 0.5) is 8.78 Å². The highest BCUT2D eigenvalue weighted by Gasteiger charge is 2.52. The van der Waals surface area contributed by atoms with Crippen LogP contribution in [0.15, 0.2) is 0 Å². The van der Waals surface area contributed by atoms with Gasteiger partial charge in [0.05, 0.1) is 0 Å². The fourth-order valence-corrected chi connectivity index (χ4v) is 4.29. The molecule has 0 aromatic heterocycles. The van der Waals surface area contributed by atoms with Crippen LogP contribution in [0.5, 0.6) is 0 Å². The Bertz CT molecular complexity index is 508. The van der Waals surface area contributed by atoms with Gasteiger partial charge in [0.1, 0.15) is 0 Å². The summed E-state index contributed by atoms with van der Waals surface area (Å²) >= 11 is 0. The highest BCUT2D eigenvalue weighted by atomic mass is 19.3. The Morgan fingerprint density at radius 1 is 1.21 bits per heavy atom. The van der Waals surface area contributed by atoms with E-state index in [1.165, 1.54) is 0 Å². The molecule has 3 aliphatic rings. The third kappa shape index (κ3) is 3.27. The van der Waals surface area contributed by atoms with Gasteiger partial charge in [0.25, 0.3) is 0 Å². The zero-order valence-corrected chi connectivity index (χ0v) is 14.6. The first-order valence-electron chi connectivity index (χ1n) is 8.84. The minimum absolute atomic E-state index is 0.125. The van der Waals surface area contributed by atoms with Crippen molar-refractivity contribution in [1.82, 2.24) is 14.7 Å². The van der Waals surface area contributed by atoms with E-state index in [2.05, 4.69) is 4.90 Å². The maximum atomic E-state index is 13.0. The van der Waals surface area contributed by atoms with E-state index in [9.17, 15) is 18.4 Å². The zero-order valence-electron chi connectivity index (χ0n) is 14.6. The second-order valence-electron chi connectivity index (χ2n) is 7.86. The van der Waals surface area contributed by atoms with E-state index in [1.54, 1.807) is 4.90 Å². The van der Waals surface area contributed by atoms with E-state index in [0.29, 0.717) is 26.1 Å². The Morgan fingerprint density at radius 3 is 2.38 bits per heavy atom. The van der Waals surface area contributed by atoms with E-state index in [1.807, 2.05) is 19.0 Å². The van der Waals surface area contributed by atoms with E-state index in [-0.39, 0.29) is 30.2 Å². The maximum Gasteiger partial charge on any atom is 0.249 e. The molecule has 0 atom stereocenters. The molecule has 2 amide bonds. The van der Waals surface area contributed by atoms with E-state index < -0.39 is 11.8 Å². The van der Waals surface area contributed by atoms with E-state index in [0.717, 1.165) is 25.8 Å². The molecule has 1 saturated carbocycles. The summed E-state index contributed by atoms with van der Waals surface area (Å²) in [5.41, 5.74) is -0.132. The first-order chi connectivity index (χ1) is 11.2. The van der Waals surface area contributed by atoms with Gasteiger partial charge in [-0.05, 0) is 33.4 Å². The molecule has 0 N–H and O–H groups in total. The van der Waals surface area contributed by atoms with Gasteiger partial charge in [-0.2, -0.15) is 0 Å².